The molecule has 6 nitrogen and oxygen atoms in total. The fourth-order valence-electron chi connectivity index (χ4n) is 3.56. The van der Waals surface area contributed by atoms with Gasteiger partial charge in [0.05, 0.1) is 18.4 Å². The summed E-state index contributed by atoms with van der Waals surface area (Å²) >= 11 is 1.46. The number of benzene rings is 2. The van der Waals surface area contributed by atoms with Gasteiger partial charge in [-0.15, -0.1) is 11.3 Å². The smallest absolute Gasteiger partial charge is 0.233 e. The molecule has 3 heterocycles. The summed E-state index contributed by atoms with van der Waals surface area (Å²) in [5.74, 6) is 1.99. The first-order valence-corrected chi connectivity index (χ1v) is 11.5. The Bertz CT molecular complexity index is 1250. The number of hydrogen-bond donors (Lipinski definition) is 0. The van der Waals surface area contributed by atoms with Crippen molar-refractivity contribution in [2.75, 3.05) is 24.7 Å². The van der Waals surface area contributed by atoms with Crippen LogP contribution >= 0.6 is 11.3 Å². The van der Waals surface area contributed by atoms with Crippen LogP contribution < -0.4 is 14.4 Å². The van der Waals surface area contributed by atoms with Crippen molar-refractivity contribution in [1.29, 1.82) is 0 Å². The van der Waals surface area contributed by atoms with E-state index in [-0.39, 0.29) is 12.3 Å². The second-order valence-corrected chi connectivity index (χ2v) is 8.30. The second-order valence-electron chi connectivity index (χ2n) is 7.44. The van der Waals surface area contributed by atoms with Gasteiger partial charge in [0.1, 0.15) is 13.2 Å². The van der Waals surface area contributed by atoms with Crippen molar-refractivity contribution in [3.63, 3.8) is 0 Å². The van der Waals surface area contributed by atoms with E-state index in [1.807, 2.05) is 78.2 Å². The lowest BCUT2D eigenvalue weighted by Gasteiger charge is -2.24. The molecule has 1 amide bonds. The van der Waals surface area contributed by atoms with E-state index in [4.69, 9.17) is 13.9 Å². The number of ether oxygens (including phenoxy) is 2. The molecule has 1 aliphatic heterocycles. The maximum atomic E-state index is 13.4. The van der Waals surface area contributed by atoms with Crippen molar-refractivity contribution in [2.45, 2.75) is 6.42 Å². The molecule has 0 unspecified atom stereocenters. The van der Waals surface area contributed by atoms with Crippen molar-refractivity contribution >= 4 is 29.0 Å². The van der Waals surface area contributed by atoms with Crippen LogP contribution in [0.15, 0.2) is 82.8 Å². The third kappa shape index (κ3) is 4.99. The van der Waals surface area contributed by atoms with Crippen LogP contribution in [0.2, 0.25) is 0 Å². The maximum Gasteiger partial charge on any atom is 0.233 e. The molecule has 0 N–H and O–H groups in total. The number of aromatic nitrogens is 1. The molecule has 0 saturated carbocycles. The van der Waals surface area contributed by atoms with Gasteiger partial charge in [-0.1, -0.05) is 42.5 Å². The highest BCUT2D eigenvalue weighted by molar-refractivity contribution is 7.13. The molecule has 166 valence electrons. The Labute approximate surface area is 195 Å². The van der Waals surface area contributed by atoms with E-state index in [1.165, 1.54) is 11.3 Å². The highest BCUT2D eigenvalue weighted by Crippen LogP contribution is 2.34. The van der Waals surface area contributed by atoms with E-state index in [9.17, 15) is 4.79 Å². The fourth-order valence-corrected chi connectivity index (χ4v) is 4.35. The van der Waals surface area contributed by atoms with Crippen LogP contribution in [-0.2, 0) is 11.2 Å². The van der Waals surface area contributed by atoms with Gasteiger partial charge in [0.2, 0.25) is 5.91 Å². The number of fused-ring (bicyclic) bond motifs is 1. The molecule has 0 radical (unpaired) electrons. The molecule has 0 bridgehead atoms. The number of anilines is 1. The summed E-state index contributed by atoms with van der Waals surface area (Å²) in [6.45, 7) is 1.44. The molecule has 33 heavy (non-hydrogen) atoms. The topological polar surface area (TPSA) is 64.8 Å². The first kappa shape index (κ1) is 21.0. The lowest BCUT2D eigenvalue weighted by atomic mass is 10.2. The van der Waals surface area contributed by atoms with Crippen molar-refractivity contribution in [1.82, 2.24) is 4.98 Å². The molecule has 0 atom stereocenters. The Morgan fingerprint density at radius 1 is 1.03 bits per heavy atom. The lowest BCUT2D eigenvalue weighted by Crippen LogP contribution is -2.32. The number of rotatable bonds is 7. The molecular weight excluding hydrogens is 436 g/mol. The zero-order valence-electron chi connectivity index (χ0n) is 17.8. The summed E-state index contributed by atoms with van der Waals surface area (Å²) in [5, 5.41) is 2.66. The number of furan rings is 1. The summed E-state index contributed by atoms with van der Waals surface area (Å²) in [6.07, 6.45) is 5.80. The van der Waals surface area contributed by atoms with Gasteiger partial charge in [0, 0.05) is 23.7 Å². The van der Waals surface area contributed by atoms with Crippen LogP contribution in [0, 0.1) is 0 Å². The molecule has 1 aliphatic rings. The van der Waals surface area contributed by atoms with Crippen LogP contribution in [0.25, 0.3) is 16.8 Å². The van der Waals surface area contributed by atoms with Gasteiger partial charge in [0.15, 0.2) is 22.3 Å². The van der Waals surface area contributed by atoms with Crippen LogP contribution in [0.5, 0.6) is 11.5 Å². The minimum Gasteiger partial charge on any atom is -0.486 e. The van der Waals surface area contributed by atoms with E-state index in [2.05, 4.69) is 4.98 Å². The van der Waals surface area contributed by atoms with E-state index >= 15 is 0 Å². The fraction of sp³-hybridized carbons (Fsp3) is 0.154. The quantitative estimate of drug-likeness (QED) is 0.368. The van der Waals surface area contributed by atoms with E-state index in [1.54, 1.807) is 11.2 Å². The molecule has 0 spiro atoms. The molecule has 0 fully saturated rings. The largest absolute Gasteiger partial charge is 0.486 e. The SMILES string of the molecule is O=C(Cc1csc(-c2ccco2)n1)N(C/C=C/c1ccccc1)c1ccc2c(c1)OCCO2. The zero-order valence-corrected chi connectivity index (χ0v) is 18.7. The molecule has 0 saturated heterocycles. The minimum absolute atomic E-state index is 0.0549. The minimum atomic E-state index is -0.0549. The van der Waals surface area contributed by atoms with Gasteiger partial charge >= 0.3 is 0 Å². The van der Waals surface area contributed by atoms with Gasteiger partial charge in [-0.05, 0) is 29.8 Å². The van der Waals surface area contributed by atoms with Crippen molar-refractivity contribution in [3.8, 4) is 22.3 Å². The summed E-state index contributed by atoms with van der Waals surface area (Å²) in [7, 11) is 0. The highest BCUT2D eigenvalue weighted by atomic mass is 32.1. The number of carbonyl (C=O) groups is 1. The predicted molar refractivity (Wildman–Crippen MR) is 129 cm³/mol. The first-order chi connectivity index (χ1) is 16.3. The standard InChI is InChI=1S/C26H22N2O4S/c29-25(16-20-18-33-26(27-20)23-9-5-13-30-23)28(12-4-8-19-6-2-1-3-7-19)21-10-11-22-24(17-21)32-15-14-31-22/h1-11,13,17-18H,12,14-16H2/b8-4+. The molecule has 2 aromatic carbocycles. The van der Waals surface area contributed by atoms with E-state index in [0.29, 0.717) is 42.7 Å². The van der Waals surface area contributed by atoms with Gasteiger partial charge < -0.3 is 18.8 Å². The van der Waals surface area contributed by atoms with Crippen LogP contribution in [0.1, 0.15) is 11.3 Å². The summed E-state index contributed by atoms with van der Waals surface area (Å²) in [6, 6.07) is 19.3. The van der Waals surface area contributed by atoms with Gasteiger partial charge in [0.25, 0.3) is 0 Å². The number of thiazole rings is 1. The number of hydrogen-bond acceptors (Lipinski definition) is 6. The van der Waals surface area contributed by atoms with Crippen LogP contribution in [0.3, 0.4) is 0 Å². The Morgan fingerprint density at radius 3 is 2.70 bits per heavy atom. The Balaban J connectivity index is 1.38. The maximum absolute atomic E-state index is 13.4. The third-order valence-electron chi connectivity index (χ3n) is 5.15. The van der Waals surface area contributed by atoms with Crippen molar-refractivity contribution in [3.05, 3.63) is 89.6 Å². The highest BCUT2D eigenvalue weighted by Gasteiger charge is 2.20. The van der Waals surface area contributed by atoms with E-state index in [0.717, 1.165) is 16.3 Å². The third-order valence-corrected chi connectivity index (χ3v) is 6.06. The normalized spacial score (nSPS) is 12.7. The zero-order chi connectivity index (χ0) is 22.5. The van der Waals surface area contributed by atoms with E-state index < -0.39 is 0 Å². The summed E-state index contributed by atoms with van der Waals surface area (Å²) < 4.78 is 16.8. The summed E-state index contributed by atoms with van der Waals surface area (Å²) in [5.41, 5.74) is 2.55. The molecule has 5 rings (SSSR count). The Kier molecular flexibility index (Phi) is 6.21. The van der Waals surface area contributed by atoms with Gasteiger partial charge in [-0.2, -0.15) is 0 Å². The first-order valence-electron chi connectivity index (χ1n) is 10.7. The van der Waals surface area contributed by atoms with Gasteiger partial charge in [-0.25, -0.2) is 4.98 Å². The molecule has 7 heteroatoms. The second kappa shape index (κ2) is 9.75. The van der Waals surface area contributed by atoms with Crippen molar-refractivity contribution < 1.29 is 18.7 Å². The lowest BCUT2D eigenvalue weighted by molar-refractivity contribution is -0.117. The summed E-state index contributed by atoms with van der Waals surface area (Å²) in [4.78, 5) is 19.7. The molecule has 0 aliphatic carbocycles. The Morgan fingerprint density at radius 2 is 1.88 bits per heavy atom. The average molecular weight is 459 g/mol. The molecule has 2 aromatic heterocycles. The monoisotopic (exact) mass is 458 g/mol. The molecule has 4 aromatic rings. The van der Waals surface area contributed by atoms with Crippen LogP contribution in [0.4, 0.5) is 5.69 Å². The Hall–Kier alpha value is -3.84. The number of amides is 1. The van der Waals surface area contributed by atoms with Crippen molar-refractivity contribution in [2.24, 2.45) is 0 Å². The molecular formula is C26H22N2O4S. The number of carbonyl (C=O) groups excluding carboxylic acids is 1. The predicted octanol–water partition coefficient (Wildman–Crippen LogP) is 5.46. The average Bonchev–Trinajstić information content (AvgIpc) is 3.54. The van der Waals surface area contributed by atoms with Gasteiger partial charge in [-0.3, -0.25) is 4.79 Å². The number of nitrogens with zero attached hydrogens (tertiary/aromatic N) is 2. The van der Waals surface area contributed by atoms with Crippen LogP contribution in [-0.4, -0.2) is 30.6 Å².